The Bertz CT molecular complexity index is 1070. The largest absolute Gasteiger partial charge is 0.494 e. The van der Waals surface area contributed by atoms with Gasteiger partial charge in [0.2, 0.25) is 5.91 Å². The normalized spacial score (nSPS) is 10.9. The van der Waals surface area contributed by atoms with Crippen LogP contribution < -0.4 is 10.1 Å². The Balaban J connectivity index is 1.46. The summed E-state index contributed by atoms with van der Waals surface area (Å²) in [6.45, 7) is 3.15. The molecule has 0 aliphatic heterocycles. The van der Waals surface area contributed by atoms with Crippen LogP contribution in [0.25, 0.3) is 16.2 Å². The molecular formula is C22H21N3O2S. The molecule has 4 rings (SSSR count). The van der Waals surface area contributed by atoms with Crippen molar-refractivity contribution < 1.29 is 9.53 Å². The van der Waals surface area contributed by atoms with Gasteiger partial charge < -0.3 is 10.1 Å². The van der Waals surface area contributed by atoms with E-state index in [1.165, 1.54) is 0 Å². The van der Waals surface area contributed by atoms with Crippen molar-refractivity contribution in [3.8, 4) is 17.0 Å². The summed E-state index contributed by atoms with van der Waals surface area (Å²) in [5, 5.41) is 4.97. The molecule has 1 amide bonds. The van der Waals surface area contributed by atoms with Gasteiger partial charge in [0.15, 0.2) is 4.96 Å². The molecule has 0 atom stereocenters. The molecule has 0 aliphatic carbocycles. The summed E-state index contributed by atoms with van der Waals surface area (Å²) >= 11 is 1.54. The molecule has 0 bridgehead atoms. The highest BCUT2D eigenvalue weighted by Gasteiger charge is 2.12. The number of fused-ring (bicyclic) bond motifs is 1. The van der Waals surface area contributed by atoms with Gasteiger partial charge in [0.25, 0.3) is 0 Å². The van der Waals surface area contributed by atoms with E-state index in [4.69, 9.17) is 4.74 Å². The average molecular weight is 391 g/mol. The summed E-state index contributed by atoms with van der Waals surface area (Å²) in [7, 11) is 0. The molecule has 0 saturated heterocycles. The number of aromatic nitrogens is 2. The molecule has 0 spiro atoms. The van der Waals surface area contributed by atoms with Crippen LogP contribution in [0, 0.1) is 0 Å². The second-order valence-electron chi connectivity index (χ2n) is 6.40. The highest BCUT2D eigenvalue weighted by Crippen LogP contribution is 2.25. The molecule has 0 unspecified atom stereocenters. The van der Waals surface area contributed by atoms with Crippen LogP contribution in [-0.4, -0.2) is 21.9 Å². The maximum atomic E-state index is 12.3. The summed E-state index contributed by atoms with van der Waals surface area (Å²) in [6, 6.07) is 17.8. The van der Waals surface area contributed by atoms with Crippen molar-refractivity contribution >= 4 is 22.2 Å². The number of ether oxygens (including phenoxy) is 1. The maximum absolute atomic E-state index is 12.3. The zero-order chi connectivity index (χ0) is 19.3. The number of rotatable bonds is 7. The van der Waals surface area contributed by atoms with E-state index in [0.717, 1.165) is 33.2 Å². The van der Waals surface area contributed by atoms with Crippen LogP contribution in [0.3, 0.4) is 0 Å². The fourth-order valence-electron chi connectivity index (χ4n) is 3.01. The number of nitrogens with one attached hydrogen (secondary N) is 1. The standard InChI is InChI=1S/C22H21N3O2S/c1-2-27-19-10-8-17(9-11-19)20-14-25-18(15-28-22(25)24-20)12-21(26)23-13-16-6-4-3-5-7-16/h3-11,14-15H,2,12-13H2,1H3,(H,23,26). The minimum atomic E-state index is -0.000120. The molecule has 142 valence electrons. The third-order valence-corrected chi connectivity index (χ3v) is 5.31. The zero-order valence-electron chi connectivity index (χ0n) is 15.6. The maximum Gasteiger partial charge on any atom is 0.226 e. The van der Waals surface area contributed by atoms with E-state index in [1.54, 1.807) is 11.3 Å². The lowest BCUT2D eigenvalue weighted by Gasteiger charge is -2.05. The van der Waals surface area contributed by atoms with Crippen LogP contribution in [-0.2, 0) is 17.8 Å². The van der Waals surface area contributed by atoms with Gasteiger partial charge in [-0.25, -0.2) is 4.98 Å². The number of nitrogens with zero attached hydrogens (tertiary/aromatic N) is 2. The van der Waals surface area contributed by atoms with Gasteiger partial charge in [0, 0.05) is 29.4 Å². The number of hydrogen-bond donors (Lipinski definition) is 1. The number of thiazole rings is 1. The molecule has 1 N–H and O–H groups in total. The fraction of sp³-hybridized carbons (Fsp3) is 0.182. The molecular weight excluding hydrogens is 370 g/mol. The highest BCUT2D eigenvalue weighted by molar-refractivity contribution is 7.15. The third kappa shape index (κ3) is 4.07. The number of hydrogen-bond acceptors (Lipinski definition) is 4. The SMILES string of the molecule is CCOc1ccc(-c2cn3c(CC(=O)NCc4ccccc4)csc3n2)cc1. The minimum Gasteiger partial charge on any atom is -0.494 e. The van der Waals surface area contributed by atoms with Gasteiger partial charge in [-0.2, -0.15) is 0 Å². The molecule has 2 heterocycles. The van der Waals surface area contributed by atoms with Crippen LogP contribution >= 0.6 is 11.3 Å². The molecule has 2 aromatic heterocycles. The topological polar surface area (TPSA) is 55.6 Å². The summed E-state index contributed by atoms with van der Waals surface area (Å²) in [5.74, 6) is 0.850. The van der Waals surface area contributed by atoms with Crippen LogP contribution in [0.5, 0.6) is 5.75 Å². The third-order valence-electron chi connectivity index (χ3n) is 4.42. The van der Waals surface area contributed by atoms with E-state index < -0.39 is 0 Å². The van der Waals surface area contributed by atoms with Crippen molar-refractivity contribution in [2.45, 2.75) is 19.9 Å². The molecule has 6 heteroatoms. The number of carbonyl (C=O) groups is 1. The predicted octanol–water partition coefficient (Wildman–Crippen LogP) is 4.32. The molecule has 0 aliphatic rings. The second kappa shape index (κ2) is 8.27. The lowest BCUT2D eigenvalue weighted by molar-refractivity contribution is -0.120. The van der Waals surface area contributed by atoms with Crippen LogP contribution in [0.4, 0.5) is 0 Å². The molecule has 2 aromatic carbocycles. The van der Waals surface area contributed by atoms with Crippen LogP contribution in [0.15, 0.2) is 66.2 Å². The summed E-state index contributed by atoms with van der Waals surface area (Å²) < 4.78 is 7.49. The van der Waals surface area contributed by atoms with E-state index in [1.807, 2.05) is 77.5 Å². The van der Waals surface area contributed by atoms with Gasteiger partial charge in [-0.1, -0.05) is 30.3 Å². The molecule has 5 nitrogen and oxygen atoms in total. The first-order valence-electron chi connectivity index (χ1n) is 9.22. The van der Waals surface area contributed by atoms with Crippen LogP contribution in [0.1, 0.15) is 18.2 Å². The highest BCUT2D eigenvalue weighted by atomic mass is 32.1. The van der Waals surface area contributed by atoms with Gasteiger partial charge >= 0.3 is 0 Å². The van der Waals surface area contributed by atoms with Crippen molar-refractivity contribution in [3.05, 3.63) is 77.4 Å². The Hall–Kier alpha value is -3.12. The first kappa shape index (κ1) is 18.3. The van der Waals surface area contributed by atoms with Crippen LogP contribution in [0.2, 0.25) is 0 Å². The molecule has 0 saturated carbocycles. The van der Waals surface area contributed by atoms with Crippen molar-refractivity contribution in [1.82, 2.24) is 14.7 Å². The second-order valence-corrected chi connectivity index (χ2v) is 7.24. The molecule has 4 aromatic rings. The van der Waals surface area contributed by atoms with Gasteiger partial charge in [0.1, 0.15) is 5.75 Å². The molecule has 0 radical (unpaired) electrons. The number of imidazole rings is 1. The van der Waals surface area contributed by atoms with E-state index in [2.05, 4.69) is 10.3 Å². The van der Waals surface area contributed by atoms with Gasteiger partial charge in [-0.05, 0) is 36.8 Å². The Morgan fingerprint density at radius 3 is 2.68 bits per heavy atom. The quantitative estimate of drug-likeness (QED) is 0.510. The number of amides is 1. The zero-order valence-corrected chi connectivity index (χ0v) is 16.4. The van der Waals surface area contributed by atoms with E-state index in [0.29, 0.717) is 19.6 Å². The fourth-order valence-corrected chi connectivity index (χ4v) is 3.88. The Morgan fingerprint density at radius 1 is 1.14 bits per heavy atom. The van der Waals surface area contributed by atoms with Crippen molar-refractivity contribution in [2.24, 2.45) is 0 Å². The lowest BCUT2D eigenvalue weighted by Crippen LogP contribution is -2.24. The van der Waals surface area contributed by atoms with Gasteiger partial charge in [-0.3, -0.25) is 9.20 Å². The van der Waals surface area contributed by atoms with Crippen molar-refractivity contribution in [3.63, 3.8) is 0 Å². The first-order valence-corrected chi connectivity index (χ1v) is 10.1. The Morgan fingerprint density at radius 2 is 1.93 bits per heavy atom. The van der Waals surface area contributed by atoms with Crippen molar-refractivity contribution in [1.29, 1.82) is 0 Å². The molecule has 0 fully saturated rings. The average Bonchev–Trinajstić information content (AvgIpc) is 3.30. The smallest absolute Gasteiger partial charge is 0.226 e. The predicted molar refractivity (Wildman–Crippen MR) is 112 cm³/mol. The first-order chi connectivity index (χ1) is 13.7. The summed E-state index contributed by atoms with van der Waals surface area (Å²) in [6.07, 6.45) is 2.31. The number of carbonyl (C=O) groups excluding carboxylic acids is 1. The van der Waals surface area contributed by atoms with E-state index >= 15 is 0 Å². The monoisotopic (exact) mass is 391 g/mol. The van der Waals surface area contributed by atoms with Gasteiger partial charge in [0.05, 0.1) is 18.7 Å². The number of benzene rings is 2. The van der Waals surface area contributed by atoms with Crippen molar-refractivity contribution in [2.75, 3.05) is 6.61 Å². The summed E-state index contributed by atoms with van der Waals surface area (Å²) in [4.78, 5) is 17.9. The summed E-state index contributed by atoms with van der Waals surface area (Å²) in [5.41, 5.74) is 3.95. The molecule has 28 heavy (non-hydrogen) atoms. The Labute approximate surface area is 167 Å². The van der Waals surface area contributed by atoms with Gasteiger partial charge in [-0.15, -0.1) is 11.3 Å². The minimum absolute atomic E-state index is 0.000120. The Kier molecular flexibility index (Phi) is 5.39. The van der Waals surface area contributed by atoms with E-state index in [-0.39, 0.29) is 5.91 Å². The van der Waals surface area contributed by atoms with E-state index in [9.17, 15) is 4.79 Å². The lowest BCUT2D eigenvalue weighted by atomic mass is 10.1.